The highest BCUT2D eigenvalue weighted by Crippen LogP contribution is 2.33. The summed E-state index contributed by atoms with van der Waals surface area (Å²) >= 11 is 1.46. The third kappa shape index (κ3) is 17.4. The van der Waals surface area contributed by atoms with Crippen LogP contribution in [0.5, 0.6) is 5.75 Å². The van der Waals surface area contributed by atoms with Crippen molar-refractivity contribution >= 4 is 58.6 Å². The van der Waals surface area contributed by atoms with Gasteiger partial charge in [0.2, 0.25) is 35.8 Å². The van der Waals surface area contributed by atoms with Crippen LogP contribution in [0.2, 0.25) is 0 Å². The lowest BCUT2D eigenvalue weighted by Crippen LogP contribution is -2.61. The van der Waals surface area contributed by atoms with Gasteiger partial charge in [0.05, 0.1) is 48.4 Å². The van der Waals surface area contributed by atoms with Crippen LogP contribution in [0.1, 0.15) is 103 Å². The smallest absolute Gasteiger partial charge is 0.410 e. The number of methoxy groups -OCH3 is 2. The monoisotopic (exact) mass is 1180 g/mol. The predicted molar refractivity (Wildman–Crippen MR) is 306 cm³/mol. The Hall–Kier alpha value is -6.32. The first-order valence-corrected chi connectivity index (χ1v) is 29.0. The van der Waals surface area contributed by atoms with Gasteiger partial charge in [-0.2, -0.15) is 0 Å². The van der Waals surface area contributed by atoms with Crippen LogP contribution in [0, 0.1) is 23.7 Å². The number of nitrogens with one attached hydrogen (secondary N) is 3. The van der Waals surface area contributed by atoms with Crippen molar-refractivity contribution in [2.24, 2.45) is 29.4 Å². The van der Waals surface area contributed by atoms with E-state index >= 15 is 0 Å². The minimum Gasteiger partial charge on any atom is -0.479 e. The third-order valence-electron chi connectivity index (χ3n) is 15.6. The van der Waals surface area contributed by atoms with Crippen LogP contribution in [0.15, 0.2) is 60.1 Å². The number of likely N-dealkylation sites (tertiary alicyclic amines) is 1. The van der Waals surface area contributed by atoms with Crippen LogP contribution in [0.25, 0.3) is 0 Å². The zero-order valence-electron chi connectivity index (χ0n) is 49.3. The summed E-state index contributed by atoms with van der Waals surface area (Å²) in [4.78, 5) is 105. The Balaban J connectivity index is 1.26. The van der Waals surface area contributed by atoms with Crippen molar-refractivity contribution in [2.75, 3.05) is 46.7 Å². The minimum absolute atomic E-state index is 0.0169. The van der Waals surface area contributed by atoms with Gasteiger partial charge in [-0.15, -0.1) is 11.3 Å². The number of benzene rings is 2. The Kier molecular flexibility index (Phi) is 25.6. The molecule has 3 heterocycles. The highest BCUT2D eigenvalue weighted by Gasteiger charge is 2.49. The summed E-state index contributed by atoms with van der Waals surface area (Å²) < 4.78 is 28.8. The fourth-order valence-electron chi connectivity index (χ4n) is 10.8. The largest absolute Gasteiger partial charge is 0.479 e. The molecule has 2 fully saturated rings. The molecule has 25 heteroatoms. The van der Waals surface area contributed by atoms with Gasteiger partial charge in [-0.1, -0.05) is 91.3 Å². The van der Waals surface area contributed by atoms with Gasteiger partial charge in [0.15, 0.2) is 6.10 Å². The molecule has 0 spiro atoms. The van der Waals surface area contributed by atoms with Crippen LogP contribution in [-0.2, 0) is 60.7 Å². The summed E-state index contributed by atoms with van der Waals surface area (Å²) in [6.07, 6.45) is -7.96. The maximum absolute atomic E-state index is 14.8. The molecule has 2 aliphatic heterocycles. The van der Waals surface area contributed by atoms with Crippen LogP contribution in [0.4, 0.5) is 10.5 Å². The number of hydrogen-bond acceptors (Lipinski definition) is 18. The fourth-order valence-corrected chi connectivity index (χ4v) is 11.5. The van der Waals surface area contributed by atoms with Crippen molar-refractivity contribution in [3.63, 3.8) is 0 Å². The number of anilines is 1. The molecule has 2 saturated heterocycles. The SMILES string of the molecule is CC[C@H](C)[C@@H]([C@@H](CC(=O)N1CCC[C@H]1[C@H](OC)[C@@H](C)C(=O)N[C@@H](Cc1ccccc1)c1nccs1)OC)N(C)C(=O)[C@@H](NC(=O)[C@H](C(C)C)N(C)C(=O)OCc1ccc(O[C@@H]2O[C@H](C(=O)O)[C@@H](O)[C@H](O)[C@H]2O)c(NC(=O)CCN)c1)C(C)C. The number of nitrogens with two attached hydrogens (primary N) is 1. The molecule has 5 rings (SSSR count). The molecule has 0 saturated carbocycles. The van der Waals surface area contributed by atoms with E-state index in [2.05, 4.69) is 20.9 Å². The van der Waals surface area contributed by atoms with Crippen molar-refractivity contribution in [1.82, 2.24) is 30.3 Å². The standard InChI is InChI=1S/C58H86N8O16S/c1-12-33(6)46(41(78-10)29-43(68)66-25-16-19-39(66)50(79-11)34(7)52(72)62-38(54-60-24-26-83-54)27-35-17-14-13-15-18-35)64(8)55(74)44(31(2)3)63-53(73)45(32(4)5)65(9)58(77)80-30-36-20-21-40(37(28-36)61-42(67)22-23-59)81-57-49(71)47(69)48(70)51(82-57)56(75)76/h13-15,17-18,20-21,24,26,28,31-34,38-39,41,44-51,57,69-71H,12,16,19,22-23,25,27,29-30,59H2,1-11H3,(H,61,67)(H,62,72)(H,63,73)(H,75,76)/t33-,34+,38-,39-,41+,44-,45-,46-,47-,48-,49+,50+,51-,57+/m0/s1. The highest BCUT2D eigenvalue weighted by atomic mass is 32.1. The lowest BCUT2D eigenvalue weighted by Gasteiger charge is -2.41. The number of nitrogens with zero attached hydrogens (tertiary/aromatic N) is 4. The first-order chi connectivity index (χ1) is 39.4. The number of thiazole rings is 1. The Morgan fingerprint density at radius 1 is 0.880 bits per heavy atom. The van der Waals surface area contributed by atoms with E-state index in [1.54, 1.807) is 59.9 Å². The zero-order valence-corrected chi connectivity index (χ0v) is 50.2. The van der Waals surface area contributed by atoms with E-state index in [-0.39, 0.29) is 54.6 Å². The molecule has 9 N–H and O–H groups in total. The van der Waals surface area contributed by atoms with Gasteiger partial charge in [0, 0.05) is 59.4 Å². The summed E-state index contributed by atoms with van der Waals surface area (Å²) in [6.45, 7) is 12.8. The minimum atomic E-state index is -1.97. The average molecular weight is 1180 g/mol. The molecule has 2 aliphatic rings. The topological polar surface area (TPSA) is 331 Å². The number of aliphatic carboxylic acids is 1. The molecule has 14 atom stereocenters. The summed E-state index contributed by atoms with van der Waals surface area (Å²) in [5, 5.41) is 51.9. The Morgan fingerprint density at radius 2 is 1.58 bits per heavy atom. The third-order valence-corrected chi connectivity index (χ3v) is 16.4. The normalized spacial score (nSPS) is 21.8. The van der Waals surface area contributed by atoms with E-state index in [1.165, 1.54) is 48.6 Å². The second kappa shape index (κ2) is 31.5. The number of amides is 6. The molecular weight excluding hydrogens is 1100 g/mol. The number of aromatic nitrogens is 1. The fraction of sp³-hybridized carbons (Fsp3) is 0.621. The maximum atomic E-state index is 14.8. The van der Waals surface area contributed by atoms with Gasteiger partial charge in [0.1, 0.15) is 47.8 Å². The summed E-state index contributed by atoms with van der Waals surface area (Å²) in [7, 11) is 6.05. The van der Waals surface area contributed by atoms with Crippen molar-refractivity contribution < 1.29 is 77.7 Å². The number of carbonyl (C=O) groups is 7. The van der Waals surface area contributed by atoms with Gasteiger partial charge < -0.3 is 75.6 Å². The molecule has 0 aliphatic carbocycles. The molecule has 0 radical (unpaired) electrons. The zero-order chi connectivity index (χ0) is 61.4. The molecule has 2 aromatic carbocycles. The second-order valence-electron chi connectivity index (χ2n) is 22.1. The number of likely N-dealkylation sites (N-methyl/N-ethyl adjacent to an activating group) is 2. The Morgan fingerprint density at radius 3 is 2.17 bits per heavy atom. The molecule has 0 unspecified atom stereocenters. The number of hydrogen-bond donors (Lipinski definition) is 8. The van der Waals surface area contributed by atoms with E-state index in [0.717, 1.165) is 15.5 Å². The van der Waals surface area contributed by atoms with Gasteiger partial charge in [-0.25, -0.2) is 14.6 Å². The Labute approximate surface area is 489 Å². The molecule has 83 heavy (non-hydrogen) atoms. The molecule has 6 amide bonds. The van der Waals surface area contributed by atoms with E-state index in [0.29, 0.717) is 37.8 Å². The first kappa shape index (κ1) is 67.5. The first-order valence-electron chi connectivity index (χ1n) is 28.2. The lowest BCUT2D eigenvalue weighted by atomic mass is 9.89. The maximum Gasteiger partial charge on any atom is 0.410 e. The Bertz CT molecular complexity index is 2620. The molecule has 460 valence electrons. The van der Waals surface area contributed by atoms with Crippen LogP contribution in [0.3, 0.4) is 0 Å². The molecule has 24 nitrogen and oxygen atoms in total. The number of ether oxygens (including phenoxy) is 5. The molecular formula is C58H86N8O16S. The second-order valence-corrected chi connectivity index (χ2v) is 23.0. The number of carbonyl (C=O) groups excluding carboxylic acids is 6. The average Bonchev–Trinajstić information content (AvgIpc) is 4.38. The number of aliphatic hydroxyl groups is 3. The highest BCUT2D eigenvalue weighted by molar-refractivity contribution is 7.09. The van der Waals surface area contributed by atoms with Crippen LogP contribution < -0.4 is 26.4 Å². The number of aliphatic hydroxyl groups excluding tert-OH is 3. The number of rotatable bonds is 29. The lowest BCUT2D eigenvalue weighted by molar-refractivity contribution is -0.271. The van der Waals surface area contributed by atoms with Gasteiger partial charge >= 0.3 is 12.1 Å². The van der Waals surface area contributed by atoms with Crippen molar-refractivity contribution in [1.29, 1.82) is 0 Å². The number of carboxylic acid groups (broad SMARTS) is 1. The van der Waals surface area contributed by atoms with Crippen LogP contribution >= 0.6 is 11.3 Å². The van der Waals surface area contributed by atoms with E-state index < -0.39 is 121 Å². The summed E-state index contributed by atoms with van der Waals surface area (Å²) in [5.41, 5.74) is 6.90. The van der Waals surface area contributed by atoms with E-state index in [1.807, 2.05) is 49.6 Å². The summed E-state index contributed by atoms with van der Waals surface area (Å²) in [5.74, 6) is -5.61. The van der Waals surface area contributed by atoms with Gasteiger partial charge in [0.25, 0.3) is 0 Å². The predicted octanol–water partition coefficient (Wildman–Crippen LogP) is 3.46. The van der Waals surface area contributed by atoms with Crippen molar-refractivity contribution in [3.05, 3.63) is 76.2 Å². The summed E-state index contributed by atoms with van der Waals surface area (Å²) in [6, 6.07) is 10.3. The van der Waals surface area contributed by atoms with E-state index in [9.17, 15) is 54.0 Å². The molecule has 1 aromatic heterocycles. The van der Waals surface area contributed by atoms with Gasteiger partial charge in [-0.05, 0) is 60.3 Å². The van der Waals surface area contributed by atoms with Crippen molar-refractivity contribution in [2.45, 2.75) is 167 Å². The van der Waals surface area contributed by atoms with Crippen LogP contribution in [-0.4, -0.2) is 190 Å². The van der Waals surface area contributed by atoms with Crippen molar-refractivity contribution in [3.8, 4) is 5.75 Å². The quantitative estimate of drug-likeness (QED) is 0.0493. The molecule has 0 bridgehead atoms. The molecule has 3 aromatic rings. The van der Waals surface area contributed by atoms with E-state index in [4.69, 9.17) is 29.4 Å². The number of carboxylic acids is 1. The van der Waals surface area contributed by atoms with Gasteiger partial charge in [-0.3, -0.25) is 28.9 Å².